The molecule has 0 spiro atoms. The number of aromatic nitrogens is 1. The van der Waals surface area contributed by atoms with Crippen LogP contribution < -0.4 is 19.7 Å². The quantitative estimate of drug-likeness (QED) is 0.641. The Kier molecular flexibility index (Phi) is 5.65. The number of amides is 2. The third kappa shape index (κ3) is 3.86. The molecule has 1 aliphatic heterocycles. The minimum atomic E-state index is -0.323. The van der Waals surface area contributed by atoms with E-state index in [0.29, 0.717) is 22.2 Å². The number of nitrogens with one attached hydrogen (secondary N) is 1. The number of thiazole rings is 1. The van der Waals surface area contributed by atoms with Crippen LogP contribution in [0, 0.1) is 0 Å². The summed E-state index contributed by atoms with van der Waals surface area (Å²) in [5, 5.41) is 5.23. The fourth-order valence-electron chi connectivity index (χ4n) is 3.96. The molecule has 2 heterocycles. The maximum Gasteiger partial charge on any atom is 0.261 e. The maximum atomic E-state index is 12.8. The maximum absolute atomic E-state index is 12.8. The van der Waals surface area contributed by atoms with Gasteiger partial charge in [-0.2, -0.15) is 0 Å². The van der Waals surface area contributed by atoms with Crippen molar-refractivity contribution in [1.82, 2.24) is 4.98 Å². The predicted octanol–water partition coefficient (Wildman–Crippen LogP) is 4.38. The van der Waals surface area contributed by atoms with Crippen LogP contribution in [0.25, 0.3) is 11.3 Å². The van der Waals surface area contributed by atoms with Crippen LogP contribution in [0.4, 0.5) is 10.8 Å². The Morgan fingerprint density at radius 3 is 2.71 bits per heavy atom. The molecule has 7 nitrogen and oxygen atoms in total. The van der Waals surface area contributed by atoms with Crippen LogP contribution in [-0.2, 0) is 11.2 Å². The molecular formula is C23H23N3O4S. The summed E-state index contributed by atoms with van der Waals surface area (Å²) in [4.78, 5) is 31.1. The number of rotatable bonds is 5. The van der Waals surface area contributed by atoms with Gasteiger partial charge in [-0.15, -0.1) is 11.3 Å². The second kappa shape index (κ2) is 8.39. The highest BCUT2D eigenvalue weighted by Crippen LogP contribution is 2.36. The zero-order valence-corrected chi connectivity index (χ0v) is 18.6. The molecule has 0 aliphatic carbocycles. The third-order valence-corrected chi connectivity index (χ3v) is 6.06. The second-order valence-corrected chi connectivity index (χ2v) is 8.18. The Labute approximate surface area is 184 Å². The minimum Gasteiger partial charge on any atom is -0.493 e. The van der Waals surface area contributed by atoms with E-state index < -0.39 is 0 Å². The van der Waals surface area contributed by atoms with Gasteiger partial charge in [-0.05, 0) is 43.2 Å². The zero-order valence-electron chi connectivity index (χ0n) is 17.8. The standard InChI is InChI=1S/C23H23N3O4S/c1-13-10-16-11-15(8-9-19(16)26(13)14(2)27)18-12-31-23(24-18)25-22(28)17-6-5-7-20(29-3)21(17)30-4/h5-9,11-13H,10H2,1-4H3,(H,24,25,28). The second-order valence-electron chi connectivity index (χ2n) is 7.32. The monoisotopic (exact) mass is 437 g/mol. The van der Waals surface area contributed by atoms with Crippen LogP contribution in [0.15, 0.2) is 41.8 Å². The average molecular weight is 438 g/mol. The largest absolute Gasteiger partial charge is 0.493 e. The summed E-state index contributed by atoms with van der Waals surface area (Å²) in [6.45, 7) is 3.64. The molecule has 1 unspecified atom stereocenters. The van der Waals surface area contributed by atoms with E-state index in [2.05, 4.69) is 16.4 Å². The Morgan fingerprint density at radius 1 is 1.19 bits per heavy atom. The lowest BCUT2D eigenvalue weighted by Crippen LogP contribution is -2.33. The molecule has 0 radical (unpaired) electrons. The van der Waals surface area contributed by atoms with Gasteiger partial charge in [0.25, 0.3) is 5.91 Å². The van der Waals surface area contributed by atoms with Gasteiger partial charge in [0.05, 0.1) is 25.5 Å². The van der Waals surface area contributed by atoms with E-state index in [1.807, 2.05) is 29.3 Å². The van der Waals surface area contributed by atoms with Crippen LogP contribution in [0.1, 0.15) is 29.8 Å². The summed E-state index contributed by atoms with van der Waals surface area (Å²) >= 11 is 1.35. The lowest BCUT2D eigenvalue weighted by Gasteiger charge is -2.20. The number of anilines is 2. The topological polar surface area (TPSA) is 80.8 Å². The molecular weight excluding hydrogens is 414 g/mol. The van der Waals surface area contributed by atoms with Crippen molar-refractivity contribution >= 4 is 34.0 Å². The molecule has 8 heteroatoms. The van der Waals surface area contributed by atoms with E-state index in [1.54, 1.807) is 25.1 Å². The van der Waals surface area contributed by atoms with Gasteiger partial charge in [0.1, 0.15) is 0 Å². The molecule has 2 aromatic carbocycles. The Hall–Kier alpha value is -3.39. The van der Waals surface area contributed by atoms with E-state index in [9.17, 15) is 9.59 Å². The highest BCUT2D eigenvalue weighted by molar-refractivity contribution is 7.14. The Balaban J connectivity index is 1.56. The van der Waals surface area contributed by atoms with Gasteiger partial charge in [0.15, 0.2) is 16.6 Å². The molecule has 4 rings (SSSR count). The van der Waals surface area contributed by atoms with Gasteiger partial charge in [0.2, 0.25) is 5.91 Å². The molecule has 1 atom stereocenters. The Bertz CT molecular complexity index is 1160. The van der Waals surface area contributed by atoms with Gasteiger partial charge < -0.3 is 14.4 Å². The molecule has 1 aliphatic rings. The van der Waals surface area contributed by atoms with Crippen LogP contribution >= 0.6 is 11.3 Å². The lowest BCUT2D eigenvalue weighted by molar-refractivity contribution is -0.116. The molecule has 31 heavy (non-hydrogen) atoms. The van der Waals surface area contributed by atoms with E-state index in [0.717, 1.165) is 28.9 Å². The van der Waals surface area contributed by atoms with Crippen molar-refractivity contribution in [2.75, 3.05) is 24.4 Å². The van der Waals surface area contributed by atoms with Crippen molar-refractivity contribution in [1.29, 1.82) is 0 Å². The van der Waals surface area contributed by atoms with Crippen LogP contribution in [0.3, 0.4) is 0 Å². The van der Waals surface area contributed by atoms with Crippen molar-refractivity contribution in [3.05, 3.63) is 52.9 Å². The predicted molar refractivity (Wildman–Crippen MR) is 121 cm³/mol. The number of hydrogen-bond acceptors (Lipinski definition) is 6. The number of carbonyl (C=O) groups is 2. The van der Waals surface area contributed by atoms with Crippen molar-refractivity contribution in [3.8, 4) is 22.8 Å². The molecule has 1 N–H and O–H groups in total. The van der Waals surface area contributed by atoms with Crippen molar-refractivity contribution < 1.29 is 19.1 Å². The van der Waals surface area contributed by atoms with Crippen molar-refractivity contribution in [2.45, 2.75) is 26.3 Å². The number of hydrogen-bond donors (Lipinski definition) is 1. The molecule has 0 bridgehead atoms. The van der Waals surface area contributed by atoms with E-state index in [-0.39, 0.29) is 17.9 Å². The van der Waals surface area contributed by atoms with Gasteiger partial charge >= 0.3 is 0 Å². The average Bonchev–Trinajstić information content (AvgIpc) is 3.35. The molecule has 160 valence electrons. The summed E-state index contributed by atoms with van der Waals surface area (Å²) in [5.74, 6) is 0.589. The summed E-state index contributed by atoms with van der Waals surface area (Å²) in [7, 11) is 3.03. The van der Waals surface area contributed by atoms with E-state index >= 15 is 0 Å². The van der Waals surface area contributed by atoms with Gasteiger partial charge in [-0.3, -0.25) is 14.9 Å². The van der Waals surface area contributed by atoms with Crippen molar-refractivity contribution in [2.24, 2.45) is 0 Å². The first kappa shape index (κ1) is 20.9. The molecule has 3 aromatic rings. The molecule has 0 fully saturated rings. The number of benzene rings is 2. The van der Waals surface area contributed by atoms with E-state index in [4.69, 9.17) is 9.47 Å². The van der Waals surface area contributed by atoms with Gasteiger partial charge in [-0.1, -0.05) is 12.1 Å². The lowest BCUT2D eigenvalue weighted by atomic mass is 10.1. The third-order valence-electron chi connectivity index (χ3n) is 5.30. The molecule has 0 saturated heterocycles. The number of nitrogens with zero attached hydrogens (tertiary/aromatic N) is 2. The number of ether oxygens (including phenoxy) is 2. The first-order valence-corrected chi connectivity index (χ1v) is 10.7. The summed E-state index contributed by atoms with van der Waals surface area (Å²) in [6.07, 6.45) is 0.812. The highest BCUT2D eigenvalue weighted by Gasteiger charge is 2.29. The molecule has 0 saturated carbocycles. The minimum absolute atomic E-state index is 0.0469. The smallest absolute Gasteiger partial charge is 0.261 e. The summed E-state index contributed by atoms with van der Waals surface area (Å²) < 4.78 is 10.6. The van der Waals surface area contributed by atoms with Crippen LogP contribution in [-0.4, -0.2) is 37.1 Å². The summed E-state index contributed by atoms with van der Waals surface area (Å²) in [6, 6.07) is 11.3. The normalized spacial score (nSPS) is 14.8. The fourth-order valence-corrected chi connectivity index (χ4v) is 4.68. The zero-order chi connectivity index (χ0) is 22.1. The van der Waals surface area contributed by atoms with Crippen LogP contribution in [0.5, 0.6) is 11.5 Å². The SMILES string of the molecule is COc1cccc(C(=O)Nc2nc(-c3ccc4c(c3)CC(C)N4C(C)=O)cs2)c1OC. The van der Waals surface area contributed by atoms with Gasteiger partial charge in [0, 0.05) is 29.6 Å². The fraction of sp³-hybridized carbons (Fsp3) is 0.261. The first-order chi connectivity index (χ1) is 14.9. The first-order valence-electron chi connectivity index (χ1n) is 9.84. The molecule has 1 aromatic heterocycles. The van der Waals surface area contributed by atoms with Crippen molar-refractivity contribution in [3.63, 3.8) is 0 Å². The van der Waals surface area contributed by atoms with Gasteiger partial charge in [-0.25, -0.2) is 4.98 Å². The van der Waals surface area contributed by atoms with Crippen LogP contribution in [0.2, 0.25) is 0 Å². The highest BCUT2D eigenvalue weighted by atomic mass is 32.1. The van der Waals surface area contributed by atoms with E-state index in [1.165, 1.54) is 25.6 Å². The number of para-hydroxylation sites is 1. The Morgan fingerprint density at radius 2 is 2.00 bits per heavy atom. The number of fused-ring (bicyclic) bond motifs is 1. The molecule has 2 amide bonds. The summed E-state index contributed by atoms with van der Waals surface area (Å²) in [5.41, 5.74) is 4.17. The number of carbonyl (C=O) groups excluding carboxylic acids is 2. The number of methoxy groups -OCH3 is 2.